The van der Waals surface area contributed by atoms with Crippen molar-refractivity contribution < 1.29 is 22.7 Å². The smallest absolute Gasteiger partial charge is 0.416 e. The third-order valence-electron chi connectivity index (χ3n) is 3.37. The second kappa shape index (κ2) is 5.63. The summed E-state index contributed by atoms with van der Waals surface area (Å²) in [6.45, 7) is -0.0595. The molecule has 0 aromatic heterocycles. The van der Waals surface area contributed by atoms with Crippen molar-refractivity contribution >= 4 is 5.78 Å². The molecule has 0 N–H and O–H groups in total. The second-order valence-electron chi connectivity index (χ2n) is 4.76. The van der Waals surface area contributed by atoms with Crippen molar-refractivity contribution in [3.05, 3.63) is 29.8 Å². The molecule has 104 valence electrons. The molecule has 19 heavy (non-hydrogen) atoms. The molecule has 1 aliphatic rings. The minimum absolute atomic E-state index is 0.0393. The molecular formula is C14H15F3O2. The van der Waals surface area contributed by atoms with Crippen LogP contribution in [0.3, 0.4) is 0 Å². The molecule has 2 nitrogen and oxygen atoms in total. The number of carbonyl (C=O) groups excluding carboxylic acids is 1. The van der Waals surface area contributed by atoms with Crippen LogP contribution in [0.15, 0.2) is 24.3 Å². The predicted octanol–water partition coefficient (Wildman–Crippen LogP) is 3.84. The van der Waals surface area contributed by atoms with Gasteiger partial charge in [-0.3, -0.25) is 4.79 Å². The van der Waals surface area contributed by atoms with E-state index in [0.29, 0.717) is 5.75 Å². The van der Waals surface area contributed by atoms with E-state index < -0.39 is 11.7 Å². The molecular weight excluding hydrogens is 257 g/mol. The summed E-state index contributed by atoms with van der Waals surface area (Å²) in [5.74, 6) is 0.395. The highest BCUT2D eigenvalue weighted by Crippen LogP contribution is 2.30. The number of hydrogen-bond donors (Lipinski definition) is 0. The Bertz CT molecular complexity index is 431. The Morgan fingerprint density at radius 1 is 1.16 bits per heavy atom. The molecule has 2 rings (SSSR count). The van der Waals surface area contributed by atoms with Crippen LogP contribution in [-0.4, -0.2) is 12.4 Å². The Hall–Kier alpha value is -1.52. The summed E-state index contributed by atoms with van der Waals surface area (Å²) in [4.78, 5) is 11.7. The number of benzene rings is 1. The Morgan fingerprint density at radius 2 is 1.74 bits per heavy atom. The quantitative estimate of drug-likeness (QED) is 0.832. The van der Waals surface area contributed by atoms with Crippen molar-refractivity contribution in [2.24, 2.45) is 5.92 Å². The van der Waals surface area contributed by atoms with E-state index in [-0.39, 0.29) is 18.3 Å². The first-order valence-corrected chi connectivity index (χ1v) is 6.29. The first-order chi connectivity index (χ1) is 8.97. The molecule has 1 fully saturated rings. The van der Waals surface area contributed by atoms with E-state index in [9.17, 15) is 18.0 Å². The molecule has 0 heterocycles. The highest BCUT2D eigenvalue weighted by atomic mass is 19.4. The van der Waals surface area contributed by atoms with Gasteiger partial charge in [0.1, 0.15) is 12.4 Å². The SMILES string of the molecule is O=C(COc1ccc(C(F)(F)F)cc1)C1CCCC1. The zero-order chi connectivity index (χ0) is 13.9. The summed E-state index contributed by atoms with van der Waals surface area (Å²) < 4.78 is 42.3. The number of ketones is 1. The molecule has 1 aromatic rings. The third-order valence-corrected chi connectivity index (χ3v) is 3.37. The first-order valence-electron chi connectivity index (χ1n) is 6.29. The summed E-state index contributed by atoms with van der Waals surface area (Å²) in [6.07, 6.45) is -0.421. The van der Waals surface area contributed by atoms with Crippen LogP contribution in [0.4, 0.5) is 13.2 Å². The van der Waals surface area contributed by atoms with E-state index in [2.05, 4.69) is 0 Å². The fraction of sp³-hybridized carbons (Fsp3) is 0.500. The lowest BCUT2D eigenvalue weighted by Crippen LogP contribution is -2.19. The maximum absolute atomic E-state index is 12.3. The standard InChI is InChI=1S/C14H15F3O2/c15-14(16,17)11-5-7-12(8-6-11)19-9-13(18)10-3-1-2-4-10/h5-8,10H,1-4,9H2. The Morgan fingerprint density at radius 3 is 2.26 bits per heavy atom. The van der Waals surface area contributed by atoms with Gasteiger partial charge in [-0.05, 0) is 37.1 Å². The lowest BCUT2D eigenvalue weighted by Gasteiger charge is -2.11. The average molecular weight is 272 g/mol. The van der Waals surface area contributed by atoms with Gasteiger partial charge in [-0.2, -0.15) is 13.2 Å². The molecule has 0 unspecified atom stereocenters. The minimum Gasteiger partial charge on any atom is -0.486 e. The van der Waals surface area contributed by atoms with Crippen molar-refractivity contribution in [2.45, 2.75) is 31.9 Å². The average Bonchev–Trinajstić information content (AvgIpc) is 2.89. The van der Waals surface area contributed by atoms with Crippen LogP contribution >= 0.6 is 0 Å². The fourth-order valence-corrected chi connectivity index (χ4v) is 2.26. The van der Waals surface area contributed by atoms with E-state index in [0.717, 1.165) is 37.8 Å². The predicted molar refractivity (Wildman–Crippen MR) is 63.9 cm³/mol. The summed E-state index contributed by atoms with van der Waals surface area (Å²) in [6, 6.07) is 4.39. The molecule has 0 spiro atoms. The molecule has 0 aliphatic heterocycles. The maximum Gasteiger partial charge on any atom is 0.416 e. The van der Waals surface area contributed by atoms with Gasteiger partial charge in [-0.1, -0.05) is 12.8 Å². The number of Topliss-reactive ketones (excluding diaryl/α,β-unsaturated/α-hetero) is 1. The van der Waals surface area contributed by atoms with Crippen LogP contribution in [0.5, 0.6) is 5.75 Å². The molecule has 0 bridgehead atoms. The number of ether oxygens (including phenoxy) is 1. The minimum atomic E-state index is -4.35. The zero-order valence-electron chi connectivity index (χ0n) is 10.4. The number of carbonyl (C=O) groups is 1. The zero-order valence-corrected chi connectivity index (χ0v) is 10.4. The van der Waals surface area contributed by atoms with E-state index in [1.807, 2.05) is 0 Å². The number of alkyl halides is 3. The normalized spacial score (nSPS) is 16.6. The van der Waals surface area contributed by atoms with Crippen LogP contribution in [0.1, 0.15) is 31.2 Å². The molecule has 1 aliphatic carbocycles. The molecule has 0 atom stereocenters. The van der Waals surface area contributed by atoms with Crippen LogP contribution < -0.4 is 4.74 Å². The summed E-state index contributed by atoms with van der Waals surface area (Å²) >= 11 is 0. The summed E-state index contributed by atoms with van der Waals surface area (Å²) in [5, 5.41) is 0. The lowest BCUT2D eigenvalue weighted by molar-refractivity contribution is -0.137. The van der Waals surface area contributed by atoms with Gasteiger partial charge in [0.15, 0.2) is 5.78 Å². The van der Waals surface area contributed by atoms with E-state index in [1.165, 1.54) is 12.1 Å². The fourth-order valence-electron chi connectivity index (χ4n) is 2.26. The van der Waals surface area contributed by atoms with E-state index >= 15 is 0 Å². The van der Waals surface area contributed by atoms with Crippen molar-refractivity contribution in [1.82, 2.24) is 0 Å². The highest BCUT2D eigenvalue weighted by Gasteiger charge is 2.30. The maximum atomic E-state index is 12.3. The lowest BCUT2D eigenvalue weighted by atomic mass is 10.0. The topological polar surface area (TPSA) is 26.3 Å². The van der Waals surface area contributed by atoms with Gasteiger partial charge in [0.05, 0.1) is 5.56 Å². The third kappa shape index (κ3) is 3.72. The Labute approximate surface area is 109 Å². The van der Waals surface area contributed by atoms with Gasteiger partial charge >= 0.3 is 6.18 Å². The summed E-state index contributed by atoms with van der Waals surface area (Å²) in [5.41, 5.74) is -0.720. The largest absolute Gasteiger partial charge is 0.486 e. The van der Waals surface area contributed by atoms with Gasteiger partial charge in [0.25, 0.3) is 0 Å². The number of halogens is 3. The summed E-state index contributed by atoms with van der Waals surface area (Å²) in [7, 11) is 0. The number of rotatable bonds is 4. The van der Waals surface area contributed by atoms with Crippen molar-refractivity contribution in [2.75, 3.05) is 6.61 Å². The van der Waals surface area contributed by atoms with E-state index in [4.69, 9.17) is 4.74 Å². The Balaban J connectivity index is 1.87. The second-order valence-corrected chi connectivity index (χ2v) is 4.76. The van der Waals surface area contributed by atoms with Gasteiger partial charge in [0.2, 0.25) is 0 Å². The van der Waals surface area contributed by atoms with Crippen molar-refractivity contribution in [3.8, 4) is 5.75 Å². The van der Waals surface area contributed by atoms with Crippen LogP contribution in [0.25, 0.3) is 0 Å². The van der Waals surface area contributed by atoms with Gasteiger partial charge in [0, 0.05) is 5.92 Å². The molecule has 0 amide bonds. The number of hydrogen-bond acceptors (Lipinski definition) is 2. The van der Waals surface area contributed by atoms with Crippen molar-refractivity contribution in [1.29, 1.82) is 0 Å². The molecule has 0 saturated heterocycles. The van der Waals surface area contributed by atoms with Crippen LogP contribution in [0, 0.1) is 5.92 Å². The van der Waals surface area contributed by atoms with Gasteiger partial charge < -0.3 is 4.74 Å². The molecule has 0 radical (unpaired) electrons. The van der Waals surface area contributed by atoms with Gasteiger partial charge in [-0.25, -0.2) is 0 Å². The van der Waals surface area contributed by atoms with Crippen molar-refractivity contribution in [3.63, 3.8) is 0 Å². The van der Waals surface area contributed by atoms with Crippen LogP contribution in [0.2, 0.25) is 0 Å². The van der Waals surface area contributed by atoms with Crippen LogP contribution in [-0.2, 0) is 11.0 Å². The Kier molecular flexibility index (Phi) is 4.12. The monoisotopic (exact) mass is 272 g/mol. The van der Waals surface area contributed by atoms with Gasteiger partial charge in [-0.15, -0.1) is 0 Å². The highest BCUT2D eigenvalue weighted by molar-refractivity contribution is 5.82. The molecule has 1 aromatic carbocycles. The molecule has 1 saturated carbocycles. The first kappa shape index (κ1) is 13.9. The van der Waals surface area contributed by atoms with E-state index in [1.54, 1.807) is 0 Å². The molecule has 5 heteroatoms.